The lowest BCUT2D eigenvalue weighted by atomic mass is 10.0. The molecular formula is C24H34N2O3. The highest BCUT2D eigenvalue weighted by Gasteiger charge is 2.30. The smallest absolute Gasteiger partial charge is 0.242 e. The van der Waals surface area contributed by atoms with Crippen LogP contribution in [0.5, 0.6) is 0 Å². The summed E-state index contributed by atoms with van der Waals surface area (Å²) >= 11 is 0. The van der Waals surface area contributed by atoms with Crippen LogP contribution in [-0.4, -0.2) is 33.7 Å². The second kappa shape index (κ2) is 10.8. The van der Waals surface area contributed by atoms with Crippen molar-refractivity contribution in [3.8, 4) is 0 Å². The number of carbonyl (C=O) groups is 2. The first-order valence-corrected chi connectivity index (χ1v) is 10.5. The molecule has 0 fully saturated rings. The van der Waals surface area contributed by atoms with Crippen LogP contribution in [0.1, 0.15) is 64.7 Å². The monoisotopic (exact) mass is 398 g/mol. The van der Waals surface area contributed by atoms with E-state index < -0.39 is 5.54 Å². The maximum Gasteiger partial charge on any atom is 0.242 e. The number of hydrogen-bond donors (Lipinski definition) is 0. The number of amides is 2. The molecule has 0 radical (unpaired) electrons. The Labute approximate surface area is 174 Å². The molecule has 0 aliphatic carbocycles. The van der Waals surface area contributed by atoms with Gasteiger partial charge in [-0.15, -0.1) is 0 Å². The number of hydrogen-bond acceptors (Lipinski definition) is 3. The topological polar surface area (TPSA) is 53.8 Å². The number of rotatable bonds is 10. The van der Waals surface area contributed by atoms with E-state index >= 15 is 0 Å². The first-order valence-electron chi connectivity index (χ1n) is 10.5. The van der Waals surface area contributed by atoms with Crippen LogP contribution in [0.2, 0.25) is 0 Å². The van der Waals surface area contributed by atoms with E-state index in [-0.39, 0.29) is 18.4 Å². The highest BCUT2D eigenvalue weighted by molar-refractivity contribution is 5.85. The van der Waals surface area contributed by atoms with Gasteiger partial charge in [0.05, 0.1) is 12.8 Å². The van der Waals surface area contributed by atoms with Crippen molar-refractivity contribution < 1.29 is 14.0 Å². The van der Waals surface area contributed by atoms with Crippen LogP contribution < -0.4 is 0 Å². The van der Waals surface area contributed by atoms with Crippen molar-refractivity contribution >= 4 is 11.8 Å². The van der Waals surface area contributed by atoms with Gasteiger partial charge in [0, 0.05) is 18.5 Å². The fraction of sp³-hybridized carbons (Fsp3) is 0.500. The van der Waals surface area contributed by atoms with Crippen LogP contribution in [0.4, 0.5) is 0 Å². The van der Waals surface area contributed by atoms with Gasteiger partial charge in [0.2, 0.25) is 11.8 Å². The second-order valence-corrected chi connectivity index (χ2v) is 8.42. The Morgan fingerprint density at radius 1 is 0.931 bits per heavy atom. The van der Waals surface area contributed by atoms with E-state index in [2.05, 4.69) is 6.92 Å². The summed E-state index contributed by atoms with van der Waals surface area (Å²) in [4.78, 5) is 29.6. The summed E-state index contributed by atoms with van der Waals surface area (Å²) < 4.78 is 5.46. The zero-order valence-corrected chi connectivity index (χ0v) is 18.2. The lowest BCUT2D eigenvalue weighted by molar-refractivity contribution is -0.145. The molecule has 1 aromatic carbocycles. The molecule has 0 aliphatic heterocycles. The Kier molecular flexibility index (Phi) is 8.50. The Morgan fingerprint density at radius 3 is 2.24 bits per heavy atom. The third kappa shape index (κ3) is 7.41. The molecule has 0 unspecified atom stereocenters. The molecule has 2 aromatic rings. The van der Waals surface area contributed by atoms with Crippen LogP contribution >= 0.6 is 0 Å². The Morgan fingerprint density at radius 2 is 1.66 bits per heavy atom. The van der Waals surface area contributed by atoms with Gasteiger partial charge in [0.1, 0.15) is 12.3 Å². The molecule has 0 aliphatic rings. The van der Waals surface area contributed by atoms with Crippen molar-refractivity contribution in [3.05, 3.63) is 60.1 Å². The van der Waals surface area contributed by atoms with Crippen LogP contribution in [0.3, 0.4) is 0 Å². The van der Waals surface area contributed by atoms with E-state index in [1.54, 1.807) is 16.1 Å². The maximum atomic E-state index is 13.3. The largest absolute Gasteiger partial charge is 0.467 e. The number of unbranched alkanes of at least 4 members (excludes halogenated alkanes) is 2. The quantitative estimate of drug-likeness (QED) is 0.528. The van der Waals surface area contributed by atoms with Crippen LogP contribution in [-0.2, 0) is 22.7 Å². The summed E-state index contributed by atoms with van der Waals surface area (Å²) in [6.45, 7) is 8.98. The van der Waals surface area contributed by atoms with E-state index in [0.717, 1.165) is 30.6 Å². The van der Waals surface area contributed by atoms with E-state index in [9.17, 15) is 9.59 Å². The van der Waals surface area contributed by atoms with Crippen LogP contribution in [0.25, 0.3) is 0 Å². The number of nitrogens with zero attached hydrogens (tertiary/aromatic N) is 2. The maximum absolute atomic E-state index is 13.3. The molecule has 0 saturated heterocycles. The summed E-state index contributed by atoms with van der Waals surface area (Å²) in [5.41, 5.74) is 0.631. The SMILES string of the molecule is CCCCCC(=O)N(CC(=O)N(Cc1ccccc1)Cc1ccco1)C(C)(C)C. The third-order valence-corrected chi connectivity index (χ3v) is 4.89. The molecule has 0 N–H and O–H groups in total. The van der Waals surface area contributed by atoms with E-state index in [0.29, 0.717) is 19.5 Å². The second-order valence-electron chi connectivity index (χ2n) is 8.42. The first-order chi connectivity index (χ1) is 13.8. The summed E-state index contributed by atoms with van der Waals surface area (Å²) in [5.74, 6) is 0.687. The molecule has 0 atom stereocenters. The van der Waals surface area contributed by atoms with Crippen molar-refractivity contribution in [2.24, 2.45) is 0 Å². The van der Waals surface area contributed by atoms with Gasteiger partial charge >= 0.3 is 0 Å². The molecule has 2 rings (SSSR count). The Bertz CT molecular complexity index is 748. The van der Waals surface area contributed by atoms with Crippen molar-refractivity contribution in [2.75, 3.05) is 6.54 Å². The molecule has 1 heterocycles. The molecule has 5 heteroatoms. The Balaban J connectivity index is 2.14. The highest BCUT2D eigenvalue weighted by atomic mass is 16.3. The zero-order chi connectivity index (χ0) is 21.3. The minimum Gasteiger partial charge on any atom is -0.467 e. The van der Waals surface area contributed by atoms with E-state index in [1.807, 2.05) is 63.2 Å². The summed E-state index contributed by atoms with van der Waals surface area (Å²) in [5, 5.41) is 0. The van der Waals surface area contributed by atoms with Crippen molar-refractivity contribution in [1.29, 1.82) is 0 Å². The predicted molar refractivity (Wildman–Crippen MR) is 115 cm³/mol. The van der Waals surface area contributed by atoms with Gasteiger partial charge in [-0.2, -0.15) is 0 Å². The van der Waals surface area contributed by atoms with Gasteiger partial charge in [-0.05, 0) is 44.9 Å². The molecule has 0 saturated carbocycles. The van der Waals surface area contributed by atoms with Crippen molar-refractivity contribution in [1.82, 2.24) is 9.80 Å². The van der Waals surface area contributed by atoms with Crippen molar-refractivity contribution in [3.63, 3.8) is 0 Å². The molecule has 29 heavy (non-hydrogen) atoms. The van der Waals surface area contributed by atoms with Crippen LogP contribution in [0.15, 0.2) is 53.1 Å². The van der Waals surface area contributed by atoms with E-state index in [4.69, 9.17) is 4.42 Å². The molecule has 2 amide bonds. The Hall–Kier alpha value is -2.56. The summed E-state index contributed by atoms with van der Waals surface area (Å²) in [6, 6.07) is 13.6. The third-order valence-electron chi connectivity index (χ3n) is 4.89. The normalized spacial score (nSPS) is 11.3. The molecule has 1 aromatic heterocycles. The number of benzene rings is 1. The fourth-order valence-corrected chi connectivity index (χ4v) is 3.22. The lowest BCUT2D eigenvalue weighted by Crippen LogP contribution is -2.51. The minimum absolute atomic E-state index is 0.0389. The average Bonchev–Trinajstić information content (AvgIpc) is 3.18. The first kappa shape index (κ1) is 22.7. The van der Waals surface area contributed by atoms with Gasteiger partial charge in [-0.25, -0.2) is 0 Å². The molecular weight excluding hydrogens is 364 g/mol. The molecule has 158 valence electrons. The van der Waals surface area contributed by atoms with Gasteiger partial charge < -0.3 is 14.2 Å². The molecule has 0 bridgehead atoms. The van der Waals surface area contributed by atoms with Gasteiger partial charge in [-0.3, -0.25) is 9.59 Å². The predicted octanol–water partition coefficient (Wildman–Crippen LogP) is 5.02. The van der Waals surface area contributed by atoms with Crippen LogP contribution in [0, 0.1) is 0 Å². The zero-order valence-electron chi connectivity index (χ0n) is 18.2. The van der Waals surface area contributed by atoms with Gasteiger partial charge in [-0.1, -0.05) is 50.1 Å². The molecule has 0 spiro atoms. The van der Waals surface area contributed by atoms with Crippen molar-refractivity contribution in [2.45, 2.75) is 72.0 Å². The standard InChI is InChI=1S/C24H34N2O3/c1-5-6-8-15-22(27)26(24(2,3)4)19-23(28)25(18-21-14-11-16-29-21)17-20-12-9-7-10-13-20/h7,9-14,16H,5-6,8,15,17-19H2,1-4H3. The lowest BCUT2D eigenvalue weighted by Gasteiger charge is -2.37. The highest BCUT2D eigenvalue weighted by Crippen LogP contribution is 2.18. The van der Waals surface area contributed by atoms with E-state index in [1.165, 1.54) is 0 Å². The fourth-order valence-electron chi connectivity index (χ4n) is 3.22. The van der Waals surface area contributed by atoms with Gasteiger partial charge in [0.15, 0.2) is 0 Å². The summed E-state index contributed by atoms with van der Waals surface area (Å²) in [7, 11) is 0. The summed E-state index contributed by atoms with van der Waals surface area (Å²) in [6.07, 6.45) is 5.04. The number of furan rings is 1. The number of carbonyl (C=O) groups excluding carboxylic acids is 2. The van der Waals surface area contributed by atoms with Gasteiger partial charge in [0.25, 0.3) is 0 Å². The average molecular weight is 399 g/mol. The minimum atomic E-state index is -0.415. The molecule has 5 nitrogen and oxygen atoms in total.